The van der Waals surface area contributed by atoms with Gasteiger partial charge in [-0.15, -0.1) is 0 Å². The van der Waals surface area contributed by atoms with Crippen molar-refractivity contribution in [3.8, 4) is 5.75 Å². The van der Waals surface area contributed by atoms with Crippen molar-refractivity contribution in [2.45, 2.75) is 20.8 Å². The number of aromatic hydroxyl groups is 1. The zero-order chi connectivity index (χ0) is 12.3. The van der Waals surface area contributed by atoms with Crippen LogP contribution in [0, 0.1) is 11.2 Å². The Hall–Kier alpha value is -1.78. The fourth-order valence-corrected chi connectivity index (χ4v) is 0.841. The summed E-state index contributed by atoms with van der Waals surface area (Å²) in [7, 11) is 0. The monoisotopic (exact) mass is 227 g/mol. The maximum atomic E-state index is 13.2. The molecule has 0 saturated carbocycles. The van der Waals surface area contributed by atoms with Crippen LogP contribution >= 0.6 is 0 Å². The van der Waals surface area contributed by atoms with Gasteiger partial charge in [-0.25, -0.2) is 14.7 Å². The van der Waals surface area contributed by atoms with Crippen LogP contribution in [0.2, 0.25) is 0 Å². The molecule has 0 atom stereocenters. The van der Waals surface area contributed by atoms with Crippen LogP contribution in [-0.4, -0.2) is 11.1 Å². The Balaban J connectivity index is 2.65. The van der Waals surface area contributed by atoms with Crippen LogP contribution < -0.4 is 5.48 Å². The van der Waals surface area contributed by atoms with E-state index in [1.807, 2.05) is 0 Å². The molecule has 0 unspecified atom stereocenters. The van der Waals surface area contributed by atoms with E-state index in [4.69, 9.17) is 9.94 Å². The number of nitrogens with one attached hydrogen (secondary N) is 1. The summed E-state index contributed by atoms with van der Waals surface area (Å²) in [5.41, 5.74) is 1.54. The summed E-state index contributed by atoms with van der Waals surface area (Å²) in [6.07, 6.45) is 0. The SMILES string of the molecule is CC(C)(C)C(=O)ONc1ccc(O)cc1F. The molecular weight excluding hydrogens is 213 g/mol. The van der Waals surface area contributed by atoms with Crippen molar-refractivity contribution in [2.75, 3.05) is 5.48 Å². The quantitative estimate of drug-likeness (QED) is 0.601. The number of halogens is 1. The molecule has 0 heterocycles. The topological polar surface area (TPSA) is 58.6 Å². The third-order valence-corrected chi connectivity index (χ3v) is 1.82. The highest BCUT2D eigenvalue weighted by Crippen LogP contribution is 2.21. The van der Waals surface area contributed by atoms with Crippen LogP contribution in [0.5, 0.6) is 5.75 Å². The van der Waals surface area contributed by atoms with Crippen LogP contribution in [0.4, 0.5) is 10.1 Å². The number of benzene rings is 1. The van der Waals surface area contributed by atoms with Gasteiger partial charge in [-0.1, -0.05) is 0 Å². The molecule has 0 aliphatic carbocycles. The van der Waals surface area contributed by atoms with Gasteiger partial charge in [-0.2, -0.15) is 0 Å². The van der Waals surface area contributed by atoms with Crippen LogP contribution in [0.1, 0.15) is 20.8 Å². The zero-order valence-corrected chi connectivity index (χ0v) is 9.37. The Morgan fingerprint density at radius 3 is 2.56 bits per heavy atom. The minimum absolute atomic E-state index is 0.00426. The van der Waals surface area contributed by atoms with E-state index in [0.29, 0.717) is 0 Å². The van der Waals surface area contributed by atoms with E-state index < -0.39 is 17.2 Å². The molecule has 1 aromatic carbocycles. The zero-order valence-electron chi connectivity index (χ0n) is 9.37. The van der Waals surface area contributed by atoms with Crippen molar-refractivity contribution in [3.63, 3.8) is 0 Å². The second-order valence-corrected chi connectivity index (χ2v) is 4.41. The van der Waals surface area contributed by atoms with E-state index in [2.05, 4.69) is 5.48 Å². The molecule has 2 N–H and O–H groups in total. The summed E-state index contributed by atoms with van der Waals surface area (Å²) in [4.78, 5) is 16.1. The minimum atomic E-state index is -0.693. The molecule has 0 radical (unpaired) electrons. The van der Waals surface area contributed by atoms with E-state index in [0.717, 1.165) is 6.07 Å². The van der Waals surface area contributed by atoms with Crippen molar-refractivity contribution < 1.29 is 19.1 Å². The molecule has 0 amide bonds. The summed E-state index contributed by atoms with van der Waals surface area (Å²) in [5, 5.41) is 8.97. The van der Waals surface area contributed by atoms with E-state index >= 15 is 0 Å². The van der Waals surface area contributed by atoms with Gasteiger partial charge in [-0.3, -0.25) is 0 Å². The second-order valence-electron chi connectivity index (χ2n) is 4.41. The molecule has 1 aromatic rings. The van der Waals surface area contributed by atoms with Crippen molar-refractivity contribution >= 4 is 11.7 Å². The Bertz CT molecular complexity index is 399. The molecule has 4 nitrogen and oxygen atoms in total. The summed E-state index contributed by atoms with van der Waals surface area (Å²) < 4.78 is 13.2. The molecule has 0 aromatic heterocycles. The normalized spacial score (nSPS) is 11.0. The van der Waals surface area contributed by atoms with Gasteiger partial charge in [0.25, 0.3) is 0 Å². The van der Waals surface area contributed by atoms with Crippen molar-refractivity contribution in [1.29, 1.82) is 0 Å². The number of phenols is 1. The molecule has 0 aliphatic heterocycles. The van der Waals surface area contributed by atoms with Crippen molar-refractivity contribution in [2.24, 2.45) is 5.41 Å². The number of carbonyl (C=O) groups excluding carboxylic acids is 1. The molecule has 0 fully saturated rings. The maximum Gasteiger partial charge on any atom is 0.337 e. The fourth-order valence-electron chi connectivity index (χ4n) is 0.841. The highest BCUT2D eigenvalue weighted by Gasteiger charge is 2.23. The first-order chi connectivity index (χ1) is 7.30. The lowest BCUT2D eigenvalue weighted by molar-refractivity contribution is -0.149. The van der Waals surface area contributed by atoms with Crippen LogP contribution in [0.3, 0.4) is 0 Å². The van der Waals surface area contributed by atoms with E-state index in [1.165, 1.54) is 12.1 Å². The predicted octanol–water partition coefficient (Wildman–Crippen LogP) is 2.45. The van der Waals surface area contributed by atoms with Crippen LogP contribution in [-0.2, 0) is 9.63 Å². The Morgan fingerprint density at radius 1 is 1.44 bits per heavy atom. The van der Waals surface area contributed by atoms with Crippen molar-refractivity contribution in [3.05, 3.63) is 24.0 Å². The average Bonchev–Trinajstić information content (AvgIpc) is 2.14. The maximum absolute atomic E-state index is 13.2. The number of anilines is 1. The first kappa shape index (κ1) is 12.3. The average molecular weight is 227 g/mol. The van der Waals surface area contributed by atoms with E-state index in [9.17, 15) is 9.18 Å². The Morgan fingerprint density at radius 2 is 2.06 bits per heavy atom. The van der Waals surface area contributed by atoms with E-state index in [-0.39, 0.29) is 11.4 Å². The molecule has 0 bridgehead atoms. The van der Waals surface area contributed by atoms with Gasteiger partial charge in [0.1, 0.15) is 11.4 Å². The number of hydrogen-bond donors (Lipinski definition) is 2. The summed E-state index contributed by atoms with van der Waals surface area (Å²) >= 11 is 0. The van der Waals surface area contributed by atoms with E-state index in [1.54, 1.807) is 20.8 Å². The molecule has 0 spiro atoms. The molecule has 1 rings (SSSR count). The highest BCUT2D eigenvalue weighted by atomic mass is 19.1. The molecular formula is C11H14FNO3. The third kappa shape index (κ3) is 3.12. The van der Waals surface area contributed by atoms with Crippen LogP contribution in [0.15, 0.2) is 18.2 Å². The molecule has 0 saturated heterocycles. The Labute approximate surface area is 93.0 Å². The smallest absolute Gasteiger partial charge is 0.337 e. The lowest BCUT2D eigenvalue weighted by Gasteiger charge is -2.16. The minimum Gasteiger partial charge on any atom is -0.508 e. The third-order valence-electron chi connectivity index (χ3n) is 1.82. The van der Waals surface area contributed by atoms with Gasteiger partial charge in [0.2, 0.25) is 0 Å². The van der Waals surface area contributed by atoms with Gasteiger partial charge in [0.05, 0.1) is 5.41 Å². The molecule has 16 heavy (non-hydrogen) atoms. The van der Waals surface area contributed by atoms with Gasteiger partial charge in [0.15, 0.2) is 5.82 Å². The highest BCUT2D eigenvalue weighted by molar-refractivity contribution is 5.76. The number of carbonyl (C=O) groups is 1. The van der Waals surface area contributed by atoms with Crippen molar-refractivity contribution in [1.82, 2.24) is 0 Å². The Kier molecular flexibility index (Phi) is 3.37. The van der Waals surface area contributed by atoms with Gasteiger partial charge in [0, 0.05) is 6.07 Å². The second kappa shape index (κ2) is 4.38. The first-order valence-corrected chi connectivity index (χ1v) is 4.76. The summed E-state index contributed by atoms with van der Waals surface area (Å²) in [6, 6.07) is 3.49. The molecule has 0 aliphatic rings. The first-order valence-electron chi connectivity index (χ1n) is 4.76. The van der Waals surface area contributed by atoms with Crippen LogP contribution in [0.25, 0.3) is 0 Å². The fraction of sp³-hybridized carbons (Fsp3) is 0.364. The largest absolute Gasteiger partial charge is 0.508 e. The van der Waals surface area contributed by atoms with Gasteiger partial charge < -0.3 is 9.94 Å². The number of phenolic OH excluding ortho intramolecular Hbond substituents is 1. The predicted molar refractivity (Wildman–Crippen MR) is 57.2 cm³/mol. The lowest BCUT2D eigenvalue weighted by Crippen LogP contribution is -2.25. The molecule has 88 valence electrons. The lowest BCUT2D eigenvalue weighted by atomic mass is 9.98. The standard InChI is InChI=1S/C11H14FNO3/c1-11(2,3)10(15)16-13-9-5-4-7(14)6-8(9)12/h4-6,13-14H,1-3H3. The molecule has 5 heteroatoms. The summed E-state index contributed by atoms with van der Waals surface area (Å²) in [5.74, 6) is -1.38. The number of rotatable bonds is 2. The van der Waals surface area contributed by atoms with Gasteiger partial charge in [-0.05, 0) is 32.9 Å². The summed E-state index contributed by atoms with van der Waals surface area (Å²) in [6.45, 7) is 5.05. The van der Waals surface area contributed by atoms with Gasteiger partial charge >= 0.3 is 5.97 Å². The number of hydrogen-bond acceptors (Lipinski definition) is 4.